The van der Waals surface area contributed by atoms with E-state index in [-0.39, 0.29) is 0 Å². The van der Waals surface area contributed by atoms with E-state index in [0.717, 1.165) is 131 Å². The van der Waals surface area contributed by atoms with E-state index < -0.39 is 0 Å². The molecule has 0 aliphatic carbocycles. The Labute approximate surface area is 811 Å². The number of nitrogens with zero attached hydrogens (tertiary/aromatic N) is 12. The van der Waals surface area contributed by atoms with Crippen LogP contribution in [0.1, 0.15) is 0 Å². The first kappa shape index (κ1) is 83.0. The number of aromatic nitrogens is 12. The number of thiazole rings is 3. The highest BCUT2D eigenvalue weighted by molar-refractivity contribution is 7.22. The van der Waals surface area contributed by atoms with E-state index in [2.05, 4.69) is 291 Å². The largest absolute Gasteiger partial charge is 0.235 e. The van der Waals surface area contributed by atoms with Crippen LogP contribution in [0, 0.1) is 0 Å². The van der Waals surface area contributed by atoms with Gasteiger partial charge in [-0.25, -0.2) is 59.8 Å². The summed E-state index contributed by atoms with van der Waals surface area (Å²) < 4.78 is 3.53. The molecule has 0 bridgehead atoms. The minimum absolute atomic E-state index is 0.640. The van der Waals surface area contributed by atoms with Gasteiger partial charge >= 0.3 is 0 Å². The lowest BCUT2D eigenvalue weighted by molar-refractivity contribution is 1.07. The van der Waals surface area contributed by atoms with Gasteiger partial charge in [0.05, 0.1) is 30.6 Å². The molecule has 27 rings (SSSR count). The maximum atomic E-state index is 5.27. The maximum absolute atomic E-state index is 5.27. The summed E-state index contributed by atoms with van der Waals surface area (Å²) in [4.78, 5) is 60.1. The maximum Gasteiger partial charge on any atom is 0.164 e. The van der Waals surface area contributed by atoms with Gasteiger partial charge in [0.15, 0.2) is 52.4 Å². The van der Waals surface area contributed by atoms with E-state index in [4.69, 9.17) is 59.8 Å². The normalized spacial score (nSPS) is 11.5. The second kappa shape index (κ2) is 36.2. The molecule has 0 amide bonds. The highest BCUT2D eigenvalue weighted by Crippen LogP contribution is 2.45. The second-order valence-corrected chi connectivity index (χ2v) is 37.2. The Balaban J connectivity index is 0.000000110. The van der Waals surface area contributed by atoms with Crippen LogP contribution in [0.2, 0.25) is 0 Å². The lowest BCUT2D eigenvalue weighted by Gasteiger charge is -2.10. The van der Waals surface area contributed by atoms with E-state index in [0.29, 0.717) is 52.4 Å². The first-order chi connectivity index (χ1) is 68.8. The van der Waals surface area contributed by atoms with E-state index >= 15 is 0 Å². The quantitative estimate of drug-likeness (QED) is 0.0952. The van der Waals surface area contributed by atoms with Crippen LogP contribution < -0.4 is 0 Å². The van der Waals surface area contributed by atoms with Gasteiger partial charge in [0.1, 0.15) is 15.0 Å². The standard InChI is InChI=1S/2C42H26N4S.C40H24N4S/c1-4-11-27(12-5-1)31-17-10-18-34(25-31)42-43-38-36(47-42)24-22-28-19-20-32-26-33(21-23-35(32)37(28)38)41-45-39(29-13-6-2-7-14-29)44-40(46-41)30-15-8-3-9-16-30;1-4-10-27(11-5-1)28-16-19-31(20-17-28)40-44-39(30-12-6-2-7-13-30)45-41(46-40)34-22-24-35-33(26-34)21-18-29-23-25-36-38(37(29)35)43-42(47-36)32-14-8-3-9-15-32;1-3-11-27(12-4-1)37-42-38(28-13-5-2-6-14-28)44-39(43-37)30-20-22-32-29(24-30)19-18-26-21-23-34-36(35(26)32)41-40(45-34)33-17-9-15-25-10-7-8-16-31(25)33/h2*1-26H;1-24H. The van der Waals surface area contributed by atoms with Crippen molar-refractivity contribution >= 4 is 140 Å². The van der Waals surface area contributed by atoms with Crippen LogP contribution in [-0.2, 0) is 0 Å². The second-order valence-electron chi connectivity index (χ2n) is 34.1. The van der Waals surface area contributed by atoms with E-state index in [1.165, 1.54) is 79.4 Å². The molecule has 6 heterocycles. The molecule has 0 unspecified atom stereocenters. The molecule has 12 nitrogen and oxygen atoms in total. The molecule has 139 heavy (non-hydrogen) atoms. The number of hydrogen-bond acceptors (Lipinski definition) is 15. The highest BCUT2D eigenvalue weighted by atomic mass is 32.1. The van der Waals surface area contributed by atoms with Gasteiger partial charge in [-0.3, -0.25) is 0 Å². The fourth-order valence-corrected chi connectivity index (χ4v) is 21.5. The summed E-state index contributed by atoms with van der Waals surface area (Å²) in [7, 11) is 0. The smallest absolute Gasteiger partial charge is 0.164 e. The zero-order valence-electron chi connectivity index (χ0n) is 74.5. The third kappa shape index (κ3) is 16.4. The van der Waals surface area contributed by atoms with Gasteiger partial charge in [0, 0.05) is 82.9 Å². The van der Waals surface area contributed by atoms with Crippen LogP contribution in [0.15, 0.2) is 461 Å². The van der Waals surface area contributed by atoms with Gasteiger partial charge in [-0.1, -0.05) is 419 Å². The van der Waals surface area contributed by atoms with Crippen molar-refractivity contribution in [3.05, 3.63) is 461 Å². The summed E-state index contributed by atoms with van der Waals surface area (Å²) in [6.45, 7) is 0. The lowest BCUT2D eigenvalue weighted by Crippen LogP contribution is -2.00. The molecule has 0 aliphatic rings. The van der Waals surface area contributed by atoms with Crippen molar-refractivity contribution < 1.29 is 0 Å². The monoisotopic (exact) mass is 1830 g/mol. The van der Waals surface area contributed by atoms with E-state index in [1.54, 1.807) is 34.0 Å². The third-order valence-electron chi connectivity index (χ3n) is 25.4. The molecular formula is C124H76N12S3. The predicted octanol–water partition coefficient (Wildman–Crippen LogP) is 32.9. The van der Waals surface area contributed by atoms with Crippen molar-refractivity contribution in [2.75, 3.05) is 0 Å². The molecule has 0 saturated carbocycles. The molecule has 21 aromatic carbocycles. The van der Waals surface area contributed by atoms with Crippen molar-refractivity contribution in [2.45, 2.75) is 0 Å². The van der Waals surface area contributed by atoms with Gasteiger partial charge in [-0.05, 0) is 124 Å². The predicted molar refractivity (Wildman–Crippen MR) is 578 cm³/mol. The number of rotatable bonds is 14. The summed E-state index contributed by atoms with van der Waals surface area (Å²) in [5.41, 5.74) is 19.8. The molecule has 27 aromatic rings. The first-order valence-corrected chi connectivity index (χ1v) is 48.5. The third-order valence-corrected chi connectivity index (χ3v) is 28.6. The fourth-order valence-electron chi connectivity index (χ4n) is 18.5. The molecule has 650 valence electrons. The molecule has 0 spiro atoms. The molecular weight excluding hydrogens is 1750 g/mol. The summed E-state index contributed by atoms with van der Waals surface area (Å²) in [6.07, 6.45) is 0. The Bertz CT molecular complexity index is 9240. The Morgan fingerprint density at radius 2 is 0.374 bits per heavy atom. The number of benzene rings is 21. The van der Waals surface area contributed by atoms with Crippen molar-refractivity contribution in [3.8, 4) is 156 Å². The summed E-state index contributed by atoms with van der Waals surface area (Å²) in [5.74, 6) is 5.84. The van der Waals surface area contributed by atoms with Gasteiger partial charge < -0.3 is 0 Å². The Morgan fingerprint density at radius 3 is 0.755 bits per heavy atom. The van der Waals surface area contributed by atoms with Gasteiger partial charge in [-0.2, -0.15) is 0 Å². The molecule has 0 saturated heterocycles. The molecule has 0 aliphatic heterocycles. The van der Waals surface area contributed by atoms with Crippen molar-refractivity contribution in [1.29, 1.82) is 0 Å². The fraction of sp³-hybridized carbons (Fsp3) is 0. The molecule has 0 atom stereocenters. The zero-order valence-corrected chi connectivity index (χ0v) is 76.9. The molecule has 0 radical (unpaired) electrons. The average Bonchev–Trinajstić information content (AvgIpc) is 0.804. The van der Waals surface area contributed by atoms with Crippen LogP contribution in [0.3, 0.4) is 0 Å². The van der Waals surface area contributed by atoms with Crippen LogP contribution in [0.5, 0.6) is 0 Å². The van der Waals surface area contributed by atoms with Crippen LogP contribution >= 0.6 is 34.0 Å². The minimum atomic E-state index is 0.640. The van der Waals surface area contributed by atoms with Crippen molar-refractivity contribution in [3.63, 3.8) is 0 Å². The SMILES string of the molecule is c1ccc(-c2ccc(-c3nc(-c4ccccc4)nc(-c4ccc5c(ccc6ccc7sc(-c8ccccc8)nc7c65)c4)n3)cc2)cc1.c1ccc(-c2cccc(-c3nc4c(ccc5ccc6cc(-c7nc(-c8ccccc8)nc(-c8ccccc8)n7)ccc6c54)s3)c2)cc1.c1ccc(-c2nc(-c3ccccc3)nc(-c3ccc4c(ccc5ccc6sc(-c7cccc8ccccc78)nc6c54)c3)n2)cc1. The Kier molecular flexibility index (Phi) is 21.6. The number of fused-ring (bicyclic) bond motifs is 16. The van der Waals surface area contributed by atoms with Gasteiger partial charge in [0.2, 0.25) is 0 Å². The van der Waals surface area contributed by atoms with Crippen LogP contribution in [0.4, 0.5) is 0 Å². The topological polar surface area (TPSA) is 155 Å². The first-order valence-electron chi connectivity index (χ1n) is 46.0. The molecule has 6 aromatic heterocycles. The van der Waals surface area contributed by atoms with Gasteiger partial charge in [-0.15, -0.1) is 34.0 Å². The number of hydrogen-bond donors (Lipinski definition) is 0. The van der Waals surface area contributed by atoms with Gasteiger partial charge in [0.25, 0.3) is 0 Å². The van der Waals surface area contributed by atoms with E-state index in [1.807, 2.05) is 170 Å². The van der Waals surface area contributed by atoms with Crippen LogP contribution in [0.25, 0.3) is 263 Å². The van der Waals surface area contributed by atoms with E-state index in [9.17, 15) is 0 Å². The minimum Gasteiger partial charge on any atom is -0.235 e. The average molecular weight is 1830 g/mol. The summed E-state index contributed by atoms with van der Waals surface area (Å²) >= 11 is 5.22. The van der Waals surface area contributed by atoms with Crippen LogP contribution in [-0.4, -0.2) is 59.8 Å². The summed E-state index contributed by atoms with van der Waals surface area (Å²) in [6, 6.07) is 160. The zero-order chi connectivity index (χ0) is 92.1. The molecule has 0 fully saturated rings. The van der Waals surface area contributed by atoms with Crippen molar-refractivity contribution in [1.82, 2.24) is 59.8 Å². The Hall–Kier alpha value is -17.9. The highest BCUT2D eigenvalue weighted by Gasteiger charge is 2.23. The molecule has 0 N–H and O–H groups in total. The molecule has 15 heteroatoms. The van der Waals surface area contributed by atoms with Crippen molar-refractivity contribution in [2.24, 2.45) is 0 Å². The summed E-state index contributed by atoms with van der Waals surface area (Å²) in [5, 5.41) is 19.4. The Morgan fingerprint density at radius 1 is 0.129 bits per heavy atom. The lowest BCUT2D eigenvalue weighted by atomic mass is 9.99.